The number of rotatable bonds is 11. The summed E-state index contributed by atoms with van der Waals surface area (Å²) in [6.07, 6.45) is 2.52. The Morgan fingerprint density at radius 2 is 0.679 bits per heavy atom. The molecule has 0 aliphatic carbocycles. The molecule has 0 amide bonds. The zero-order chi connectivity index (χ0) is 22.2. The van der Waals surface area contributed by atoms with Crippen molar-refractivity contribution >= 4 is 19.0 Å². The van der Waals surface area contributed by atoms with Gasteiger partial charge < -0.3 is 18.9 Å². The van der Waals surface area contributed by atoms with Crippen LogP contribution in [-0.4, -0.2) is 53.3 Å². The molecule has 170 valence electrons. The van der Waals surface area contributed by atoms with Crippen LogP contribution in [0.15, 0.2) is 0 Å². The summed E-state index contributed by atoms with van der Waals surface area (Å²) in [5, 5.41) is 0. The summed E-state index contributed by atoms with van der Waals surface area (Å²) in [6, 6.07) is 2.52. The monoisotopic (exact) mass is 434 g/mol. The minimum absolute atomic E-state index is 0.00144. The second-order valence-corrected chi connectivity index (χ2v) is 15.7. The molecular formula is C22H50O4Si2. The van der Waals surface area contributed by atoms with E-state index in [0.29, 0.717) is 0 Å². The molecule has 0 atom stereocenters. The molecule has 0 unspecified atom stereocenters. The molecule has 0 spiro atoms. The van der Waals surface area contributed by atoms with Gasteiger partial charge in [0.25, 0.3) is 0 Å². The lowest BCUT2D eigenvalue weighted by Gasteiger charge is -2.33. The van der Waals surface area contributed by atoms with E-state index < -0.39 is 19.0 Å². The molecule has 0 aromatic heterocycles. The third-order valence-corrected chi connectivity index (χ3v) is 7.00. The van der Waals surface area contributed by atoms with Crippen molar-refractivity contribution in [2.24, 2.45) is 0 Å². The van der Waals surface area contributed by atoms with Crippen LogP contribution in [0.5, 0.6) is 0 Å². The summed E-state index contributed by atoms with van der Waals surface area (Å²) in [4.78, 5) is 0. The van der Waals surface area contributed by atoms with Crippen molar-refractivity contribution in [3.05, 3.63) is 0 Å². The van der Waals surface area contributed by atoms with E-state index in [0.717, 1.165) is 0 Å². The van der Waals surface area contributed by atoms with Crippen LogP contribution >= 0.6 is 0 Å². The van der Waals surface area contributed by atoms with Gasteiger partial charge >= 0.3 is 0 Å². The highest BCUT2D eigenvalue weighted by Gasteiger charge is 2.25. The Morgan fingerprint density at radius 3 is 0.857 bits per heavy atom. The van der Waals surface area contributed by atoms with E-state index in [-0.39, 0.29) is 34.2 Å². The van der Waals surface area contributed by atoms with E-state index in [1.165, 1.54) is 24.9 Å². The molecule has 4 nitrogen and oxygen atoms in total. The Balaban J connectivity index is 4.34. The normalized spacial score (nSPS) is 15.2. The van der Waals surface area contributed by atoms with Gasteiger partial charge in [-0.3, -0.25) is 0 Å². The third kappa shape index (κ3) is 19.6. The molecular weight excluding hydrogens is 384 g/mol. The lowest BCUT2D eigenvalue weighted by Crippen LogP contribution is -2.39. The van der Waals surface area contributed by atoms with Crippen LogP contribution in [-0.2, 0) is 18.9 Å². The molecule has 6 heteroatoms. The first-order valence-electron chi connectivity index (χ1n) is 11.1. The molecule has 0 heterocycles. The fourth-order valence-corrected chi connectivity index (χ4v) is 7.26. The zero-order valence-corrected chi connectivity index (χ0v) is 23.9. The van der Waals surface area contributed by atoms with Gasteiger partial charge in [0.15, 0.2) is 0 Å². The molecule has 0 aliphatic heterocycles. The van der Waals surface area contributed by atoms with Crippen molar-refractivity contribution in [2.45, 2.75) is 142 Å². The van der Waals surface area contributed by atoms with Crippen LogP contribution < -0.4 is 0 Å². The first-order chi connectivity index (χ1) is 12.4. The van der Waals surface area contributed by atoms with Crippen LogP contribution in [0.3, 0.4) is 0 Å². The Hall–Kier alpha value is 0.274. The SMILES string of the molecule is CC(C)(C)OC(OC(C)(C)C)[SiH2]CCCC[SiH2]C(OC(C)(C)C)OC(C)(C)C. The lowest BCUT2D eigenvalue weighted by atomic mass is 10.2. The molecule has 0 fully saturated rings. The summed E-state index contributed by atoms with van der Waals surface area (Å²) in [6.45, 7) is 25.3. The molecule has 0 saturated carbocycles. The summed E-state index contributed by atoms with van der Waals surface area (Å²) in [7, 11) is -0.857. The largest absolute Gasteiger partial charge is 0.352 e. The standard InChI is InChI=1S/C22H50O4Si2/c1-19(2,3)23-17(24-20(4,5)6)27-15-13-14-16-28-18(25-21(7,8)9)26-22(10,11)12/h17-18H,13-16,27-28H2,1-12H3. The minimum Gasteiger partial charge on any atom is -0.352 e. The van der Waals surface area contributed by atoms with E-state index in [9.17, 15) is 0 Å². The van der Waals surface area contributed by atoms with Gasteiger partial charge in [0.2, 0.25) is 0 Å². The van der Waals surface area contributed by atoms with Gasteiger partial charge in [-0.2, -0.15) is 0 Å². The van der Waals surface area contributed by atoms with Gasteiger partial charge in [-0.15, -0.1) is 0 Å². The fraction of sp³-hybridized carbons (Fsp3) is 1.00. The van der Waals surface area contributed by atoms with Gasteiger partial charge in [-0.25, -0.2) is 0 Å². The summed E-state index contributed by atoms with van der Waals surface area (Å²) < 4.78 is 24.7. The summed E-state index contributed by atoms with van der Waals surface area (Å²) in [5.74, 6) is -0.00289. The predicted molar refractivity (Wildman–Crippen MR) is 127 cm³/mol. The average molecular weight is 435 g/mol. The maximum Gasteiger partial charge on any atom is 0.136 e. The molecule has 0 aliphatic rings. The van der Waals surface area contributed by atoms with E-state index in [2.05, 4.69) is 83.1 Å². The molecule has 0 aromatic rings. The molecule has 0 rings (SSSR count). The van der Waals surface area contributed by atoms with Crippen molar-refractivity contribution in [1.82, 2.24) is 0 Å². The minimum atomic E-state index is -0.428. The average Bonchev–Trinajstić information content (AvgIpc) is 2.34. The summed E-state index contributed by atoms with van der Waals surface area (Å²) in [5.41, 5.74) is -0.620. The Labute approximate surface area is 180 Å². The van der Waals surface area contributed by atoms with Gasteiger partial charge in [-0.1, -0.05) is 24.9 Å². The first-order valence-corrected chi connectivity index (χ1v) is 14.7. The van der Waals surface area contributed by atoms with Gasteiger partial charge in [0, 0.05) is 0 Å². The third-order valence-electron chi connectivity index (χ3n) is 3.57. The van der Waals surface area contributed by atoms with Crippen LogP contribution in [0.2, 0.25) is 12.1 Å². The molecule has 0 radical (unpaired) electrons. The number of hydrogen-bond acceptors (Lipinski definition) is 4. The topological polar surface area (TPSA) is 36.9 Å². The van der Waals surface area contributed by atoms with E-state index in [1.54, 1.807) is 0 Å². The van der Waals surface area contributed by atoms with E-state index >= 15 is 0 Å². The number of hydrogen-bond donors (Lipinski definition) is 0. The predicted octanol–water partition coefficient (Wildman–Crippen LogP) is 4.77. The molecule has 0 saturated heterocycles. The Morgan fingerprint density at radius 1 is 0.464 bits per heavy atom. The highest BCUT2D eigenvalue weighted by atomic mass is 28.2. The van der Waals surface area contributed by atoms with Crippen molar-refractivity contribution in [1.29, 1.82) is 0 Å². The van der Waals surface area contributed by atoms with Gasteiger partial charge in [0.05, 0.1) is 41.4 Å². The van der Waals surface area contributed by atoms with Crippen molar-refractivity contribution < 1.29 is 18.9 Å². The molecule has 0 aromatic carbocycles. The Bertz CT molecular complexity index is 342. The smallest absolute Gasteiger partial charge is 0.136 e. The first kappa shape index (κ1) is 28.3. The van der Waals surface area contributed by atoms with E-state index in [4.69, 9.17) is 18.9 Å². The van der Waals surface area contributed by atoms with Crippen LogP contribution in [0.1, 0.15) is 95.9 Å². The quantitative estimate of drug-likeness (QED) is 0.267. The number of unbranched alkanes of at least 4 members (excludes halogenated alkanes) is 1. The maximum absolute atomic E-state index is 6.18. The van der Waals surface area contributed by atoms with Crippen molar-refractivity contribution in [3.63, 3.8) is 0 Å². The maximum atomic E-state index is 6.18. The zero-order valence-electron chi connectivity index (χ0n) is 21.0. The number of ether oxygens (including phenoxy) is 4. The van der Waals surface area contributed by atoms with Crippen molar-refractivity contribution in [2.75, 3.05) is 0 Å². The van der Waals surface area contributed by atoms with Crippen LogP contribution in [0, 0.1) is 0 Å². The second kappa shape index (κ2) is 11.6. The molecule has 0 N–H and O–H groups in total. The van der Waals surface area contributed by atoms with E-state index in [1.807, 2.05) is 0 Å². The van der Waals surface area contributed by atoms with Gasteiger partial charge in [-0.05, 0) is 83.1 Å². The van der Waals surface area contributed by atoms with Gasteiger partial charge in [0.1, 0.15) is 11.8 Å². The second-order valence-electron chi connectivity index (χ2n) is 11.8. The highest BCUT2D eigenvalue weighted by molar-refractivity contribution is 6.37. The molecule has 0 bridgehead atoms. The summed E-state index contributed by atoms with van der Waals surface area (Å²) >= 11 is 0. The van der Waals surface area contributed by atoms with Crippen LogP contribution in [0.25, 0.3) is 0 Å². The lowest BCUT2D eigenvalue weighted by molar-refractivity contribution is -0.194. The van der Waals surface area contributed by atoms with Crippen molar-refractivity contribution in [3.8, 4) is 0 Å². The Kier molecular flexibility index (Phi) is 11.7. The fourth-order valence-electron chi connectivity index (χ4n) is 2.84. The molecule has 28 heavy (non-hydrogen) atoms. The van der Waals surface area contributed by atoms with Crippen LogP contribution in [0.4, 0.5) is 0 Å². The highest BCUT2D eigenvalue weighted by Crippen LogP contribution is 2.20.